The summed E-state index contributed by atoms with van der Waals surface area (Å²) in [6.45, 7) is 4.03. The van der Waals surface area contributed by atoms with Gasteiger partial charge in [0, 0.05) is 35.6 Å². The summed E-state index contributed by atoms with van der Waals surface area (Å²) in [6.07, 6.45) is 5.73. The second-order valence-corrected chi connectivity index (χ2v) is 7.25. The van der Waals surface area contributed by atoms with Gasteiger partial charge in [-0.15, -0.1) is 0 Å². The minimum absolute atomic E-state index is 0.332. The molecule has 0 spiro atoms. The van der Waals surface area contributed by atoms with E-state index >= 15 is 0 Å². The van der Waals surface area contributed by atoms with Crippen molar-refractivity contribution in [1.29, 1.82) is 0 Å². The first-order chi connectivity index (χ1) is 10.7. The molecule has 2 heterocycles. The average molecular weight is 294 g/mol. The van der Waals surface area contributed by atoms with Gasteiger partial charge in [-0.25, -0.2) is 0 Å². The molecule has 0 N–H and O–H groups in total. The number of benzene rings is 1. The molecule has 0 radical (unpaired) electrons. The topological polar surface area (TPSA) is 25.2 Å². The van der Waals surface area contributed by atoms with Gasteiger partial charge in [0.25, 0.3) is 0 Å². The van der Waals surface area contributed by atoms with E-state index in [0.29, 0.717) is 17.9 Å². The van der Waals surface area contributed by atoms with Gasteiger partial charge in [0.2, 0.25) is 5.91 Å². The van der Waals surface area contributed by atoms with Crippen LogP contribution in [0.5, 0.6) is 0 Å². The number of fused-ring (bicyclic) bond motifs is 3. The third kappa shape index (κ3) is 1.65. The molecule has 1 aromatic heterocycles. The van der Waals surface area contributed by atoms with E-state index in [9.17, 15) is 4.79 Å². The van der Waals surface area contributed by atoms with Crippen LogP contribution in [0.4, 0.5) is 0 Å². The third-order valence-electron chi connectivity index (χ3n) is 5.74. The Morgan fingerprint density at radius 1 is 1.18 bits per heavy atom. The van der Waals surface area contributed by atoms with Crippen molar-refractivity contribution in [2.45, 2.75) is 51.6 Å². The average Bonchev–Trinajstić information content (AvgIpc) is 3.33. The quantitative estimate of drug-likeness (QED) is 0.789. The Bertz CT molecular complexity index is 784. The largest absolute Gasteiger partial charge is 0.341 e. The molecule has 5 rings (SSSR count). The fourth-order valence-corrected chi connectivity index (χ4v) is 4.55. The predicted octanol–water partition coefficient (Wildman–Crippen LogP) is 3.58. The van der Waals surface area contributed by atoms with Gasteiger partial charge in [-0.2, -0.15) is 0 Å². The van der Waals surface area contributed by atoms with Gasteiger partial charge < -0.3 is 9.47 Å². The highest BCUT2D eigenvalue weighted by Crippen LogP contribution is 2.44. The smallest absolute Gasteiger partial charge is 0.226 e. The van der Waals surface area contributed by atoms with Gasteiger partial charge in [-0.05, 0) is 56.7 Å². The second kappa shape index (κ2) is 4.37. The zero-order chi connectivity index (χ0) is 14.8. The minimum atomic E-state index is 0.332. The summed E-state index contributed by atoms with van der Waals surface area (Å²) in [5.41, 5.74) is 5.68. The number of rotatable bonds is 1. The Labute approximate surface area is 130 Å². The summed E-state index contributed by atoms with van der Waals surface area (Å²) in [7, 11) is 0. The van der Waals surface area contributed by atoms with Crippen molar-refractivity contribution in [2.24, 2.45) is 5.92 Å². The maximum atomic E-state index is 12.7. The lowest BCUT2D eigenvalue weighted by atomic mass is 9.89. The number of aromatic nitrogens is 1. The summed E-state index contributed by atoms with van der Waals surface area (Å²) >= 11 is 0. The maximum absolute atomic E-state index is 12.7. The van der Waals surface area contributed by atoms with Crippen LogP contribution >= 0.6 is 0 Å². The molecule has 0 saturated heterocycles. The third-order valence-corrected chi connectivity index (χ3v) is 5.74. The lowest BCUT2D eigenvalue weighted by molar-refractivity contribution is -0.136. The molecule has 1 aromatic carbocycles. The van der Waals surface area contributed by atoms with E-state index in [4.69, 9.17) is 0 Å². The lowest BCUT2D eigenvalue weighted by Gasteiger charge is -2.40. The molecule has 1 fully saturated rings. The van der Waals surface area contributed by atoms with Crippen LogP contribution in [0.1, 0.15) is 48.5 Å². The number of carbonyl (C=O) groups is 1. The fraction of sp³-hybridized carbons (Fsp3) is 0.526. The molecular weight excluding hydrogens is 272 g/mol. The normalized spacial score (nSPS) is 23.7. The first kappa shape index (κ1) is 12.7. The monoisotopic (exact) mass is 294 g/mol. The van der Waals surface area contributed by atoms with Crippen molar-refractivity contribution in [3.63, 3.8) is 0 Å². The number of aryl methyl sites for hydroxylation is 2. The molecule has 22 heavy (non-hydrogen) atoms. The SMILES string of the molecule is Cc1ccc2c(c1)c1c3n2CCN(C(=O)C2CC2)[C@@H]3CCC1. The van der Waals surface area contributed by atoms with Crippen LogP contribution in [0.3, 0.4) is 0 Å². The number of carbonyl (C=O) groups excluding carboxylic acids is 1. The van der Waals surface area contributed by atoms with Crippen molar-refractivity contribution >= 4 is 16.8 Å². The Morgan fingerprint density at radius 3 is 2.86 bits per heavy atom. The van der Waals surface area contributed by atoms with Crippen LogP contribution in [-0.4, -0.2) is 21.9 Å². The van der Waals surface area contributed by atoms with Gasteiger partial charge in [-0.1, -0.05) is 11.6 Å². The first-order valence-electron chi connectivity index (χ1n) is 8.66. The van der Waals surface area contributed by atoms with E-state index < -0.39 is 0 Å². The minimum Gasteiger partial charge on any atom is -0.341 e. The Balaban J connectivity index is 1.69. The van der Waals surface area contributed by atoms with Gasteiger partial charge in [-0.3, -0.25) is 4.79 Å². The molecule has 3 nitrogen and oxygen atoms in total. The molecule has 1 aliphatic heterocycles. The van der Waals surface area contributed by atoms with E-state index in [2.05, 4.69) is 34.6 Å². The Hall–Kier alpha value is -1.77. The summed E-state index contributed by atoms with van der Waals surface area (Å²) < 4.78 is 2.50. The van der Waals surface area contributed by atoms with Crippen molar-refractivity contribution in [1.82, 2.24) is 9.47 Å². The zero-order valence-electron chi connectivity index (χ0n) is 13.1. The highest BCUT2D eigenvalue weighted by Gasteiger charge is 2.41. The van der Waals surface area contributed by atoms with Gasteiger partial charge in [0.1, 0.15) is 0 Å². The highest BCUT2D eigenvalue weighted by atomic mass is 16.2. The van der Waals surface area contributed by atoms with Crippen LogP contribution in [0.2, 0.25) is 0 Å². The molecule has 1 atom stereocenters. The fourth-order valence-electron chi connectivity index (χ4n) is 4.55. The molecular formula is C19H22N2O. The van der Waals surface area contributed by atoms with Crippen LogP contribution in [0.15, 0.2) is 18.2 Å². The number of amides is 1. The van der Waals surface area contributed by atoms with E-state index in [1.807, 2.05) is 0 Å². The summed E-state index contributed by atoms with van der Waals surface area (Å²) in [6, 6.07) is 7.16. The van der Waals surface area contributed by atoms with E-state index in [1.54, 1.807) is 0 Å². The maximum Gasteiger partial charge on any atom is 0.226 e. The van der Waals surface area contributed by atoms with Gasteiger partial charge >= 0.3 is 0 Å². The molecule has 114 valence electrons. The molecule has 1 amide bonds. The second-order valence-electron chi connectivity index (χ2n) is 7.25. The molecule has 0 unspecified atom stereocenters. The molecule has 1 saturated carbocycles. The summed E-state index contributed by atoms with van der Waals surface area (Å²) in [5.74, 6) is 0.758. The summed E-state index contributed by atoms with van der Waals surface area (Å²) in [4.78, 5) is 14.9. The van der Waals surface area contributed by atoms with Crippen LogP contribution < -0.4 is 0 Å². The number of nitrogens with zero attached hydrogens (tertiary/aromatic N) is 2. The van der Waals surface area contributed by atoms with Gasteiger partial charge in [0.15, 0.2) is 0 Å². The van der Waals surface area contributed by atoms with Crippen molar-refractivity contribution < 1.29 is 4.79 Å². The van der Waals surface area contributed by atoms with Crippen molar-refractivity contribution in [3.05, 3.63) is 35.0 Å². The van der Waals surface area contributed by atoms with E-state index in [-0.39, 0.29) is 0 Å². The highest BCUT2D eigenvalue weighted by molar-refractivity contribution is 5.88. The molecule has 3 heteroatoms. The van der Waals surface area contributed by atoms with Crippen molar-refractivity contribution in [2.75, 3.05) is 6.54 Å². The standard InChI is InChI=1S/C19H22N2O/c1-12-5-8-16-15(11-12)14-3-2-4-17-18(14)20(16)9-10-21(17)19(22)13-6-7-13/h5,8,11,13,17H,2-4,6-7,9-10H2,1H3/t17-/m1/s1. The van der Waals surface area contributed by atoms with Gasteiger partial charge in [0.05, 0.1) is 6.04 Å². The Kier molecular flexibility index (Phi) is 2.53. The molecule has 0 bridgehead atoms. The number of hydrogen-bond donors (Lipinski definition) is 0. The lowest BCUT2D eigenvalue weighted by Crippen LogP contribution is -2.44. The molecule has 3 aliphatic rings. The first-order valence-corrected chi connectivity index (χ1v) is 8.66. The molecule has 2 aromatic rings. The zero-order valence-corrected chi connectivity index (χ0v) is 13.1. The van der Waals surface area contributed by atoms with Crippen LogP contribution in [0, 0.1) is 12.8 Å². The molecule has 2 aliphatic carbocycles. The van der Waals surface area contributed by atoms with Crippen LogP contribution in [-0.2, 0) is 17.8 Å². The Morgan fingerprint density at radius 2 is 2.05 bits per heavy atom. The number of hydrogen-bond acceptors (Lipinski definition) is 1. The van der Waals surface area contributed by atoms with Crippen LogP contribution in [0.25, 0.3) is 10.9 Å². The summed E-state index contributed by atoms with van der Waals surface area (Å²) in [5, 5.41) is 1.43. The van der Waals surface area contributed by atoms with E-state index in [0.717, 1.165) is 32.4 Å². The van der Waals surface area contributed by atoms with Crippen molar-refractivity contribution in [3.8, 4) is 0 Å². The van der Waals surface area contributed by atoms with E-state index in [1.165, 1.54) is 40.6 Å². The predicted molar refractivity (Wildman–Crippen MR) is 86.8 cm³/mol.